The van der Waals surface area contributed by atoms with Crippen molar-refractivity contribution in [3.63, 3.8) is 0 Å². The van der Waals surface area contributed by atoms with E-state index in [4.69, 9.17) is 9.51 Å². The first kappa shape index (κ1) is 16.6. The van der Waals surface area contributed by atoms with Gasteiger partial charge < -0.3 is 9.42 Å². The maximum Gasteiger partial charge on any atom is 0.237 e. The molecule has 2 aliphatic rings. The number of rotatable bonds is 5. The Morgan fingerprint density at radius 2 is 2.00 bits per heavy atom. The molecule has 4 rings (SSSR count). The van der Waals surface area contributed by atoms with Crippen molar-refractivity contribution in [2.24, 2.45) is 5.92 Å². The van der Waals surface area contributed by atoms with Crippen LogP contribution in [0.15, 0.2) is 4.52 Å². The summed E-state index contributed by atoms with van der Waals surface area (Å²) in [6, 6.07) is 0. The van der Waals surface area contributed by atoms with Gasteiger partial charge in [0.25, 0.3) is 0 Å². The van der Waals surface area contributed by atoms with Crippen molar-refractivity contribution >= 4 is 0 Å². The summed E-state index contributed by atoms with van der Waals surface area (Å²) in [6.45, 7) is 6.73. The molecular formula is C17H27N7O. The summed E-state index contributed by atoms with van der Waals surface area (Å²) in [4.78, 5) is 7.26. The highest BCUT2D eigenvalue weighted by molar-refractivity contribution is 5.09. The van der Waals surface area contributed by atoms with Crippen LogP contribution in [0.5, 0.6) is 0 Å². The fourth-order valence-corrected chi connectivity index (χ4v) is 4.07. The molecule has 8 nitrogen and oxygen atoms in total. The fraction of sp³-hybridized carbons (Fsp3) is 0.824. The summed E-state index contributed by atoms with van der Waals surface area (Å²) in [5.74, 6) is 3.08. The van der Waals surface area contributed by atoms with Gasteiger partial charge in [0, 0.05) is 13.0 Å². The van der Waals surface area contributed by atoms with Gasteiger partial charge in [-0.05, 0) is 68.1 Å². The second-order valence-corrected chi connectivity index (χ2v) is 7.35. The van der Waals surface area contributed by atoms with Crippen molar-refractivity contribution in [2.45, 2.75) is 64.3 Å². The molecule has 0 aromatic carbocycles. The summed E-state index contributed by atoms with van der Waals surface area (Å²) in [5.41, 5.74) is 0. The Morgan fingerprint density at radius 1 is 1.12 bits per heavy atom. The average molecular weight is 345 g/mol. The standard InChI is InChI=1S/C17H27N7O/c1-2-8-23-10-6-13(7-11-23)12-15-18-17(25-20-15)14-5-3-4-9-24-16(14)19-21-22-24/h13-14H,2-12H2,1H3. The largest absolute Gasteiger partial charge is 0.339 e. The molecular weight excluding hydrogens is 318 g/mol. The highest BCUT2D eigenvalue weighted by Crippen LogP contribution is 2.30. The Kier molecular flexibility index (Phi) is 5.05. The molecule has 0 amide bonds. The predicted molar refractivity (Wildman–Crippen MR) is 91.0 cm³/mol. The molecule has 0 saturated carbocycles. The highest BCUT2D eigenvalue weighted by atomic mass is 16.5. The number of tetrazole rings is 1. The maximum atomic E-state index is 5.61. The number of nitrogens with zero attached hydrogens (tertiary/aromatic N) is 7. The van der Waals surface area contributed by atoms with Gasteiger partial charge in [-0.15, -0.1) is 5.10 Å². The van der Waals surface area contributed by atoms with E-state index >= 15 is 0 Å². The van der Waals surface area contributed by atoms with Gasteiger partial charge in [-0.25, -0.2) is 4.68 Å². The van der Waals surface area contributed by atoms with E-state index in [1.54, 1.807) is 0 Å². The molecule has 1 saturated heterocycles. The van der Waals surface area contributed by atoms with Gasteiger partial charge in [0.2, 0.25) is 5.89 Å². The van der Waals surface area contributed by atoms with Gasteiger partial charge in [-0.2, -0.15) is 4.98 Å². The van der Waals surface area contributed by atoms with Gasteiger partial charge in [-0.3, -0.25) is 0 Å². The third-order valence-electron chi connectivity index (χ3n) is 5.48. The zero-order valence-corrected chi connectivity index (χ0v) is 15.0. The van der Waals surface area contributed by atoms with Crippen LogP contribution in [-0.4, -0.2) is 54.9 Å². The van der Waals surface area contributed by atoms with E-state index in [2.05, 4.69) is 32.5 Å². The van der Waals surface area contributed by atoms with Crippen LogP contribution in [0, 0.1) is 5.92 Å². The predicted octanol–water partition coefficient (Wildman–Crippen LogP) is 2.04. The van der Waals surface area contributed by atoms with Crippen LogP contribution in [0.4, 0.5) is 0 Å². The van der Waals surface area contributed by atoms with E-state index in [0.717, 1.165) is 43.9 Å². The number of likely N-dealkylation sites (tertiary alicyclic amines) is 1. The second kappa shape index (κ2) is 7.59. The summed E-state index contributed by atoms with van der Waals surface area (Å²) in [7, 11) is 0. The Bertz CT molecular complexity index is 674. The third kappa shape index (κ3) is 3.73. The summed E-state index contributed by atoms with van der Waals surface area (Å²) in [6.07, 6.45) is 7.78. The first-order chi connectivity index (χ1) is 12.3. The fourth-order valence-electron chi connectivity index (χ4n) is 4.07. The monoisotopic (exact) mass is 345 g/mol. The van der Waals surface area contributed by atoms with Crippen LogP contribution in [0.1, 0.15) is 68.9 Å². The Balaban J connectivity index is 1.40. The first-order valence-corrected chi connectivity index (χ1v) is 9.64. The highest BCUT2D eigenvalue weighted by Gasteiger charge is 2.29. The van der Waals surface area contributed by atoms with E-state index in [-0.39, 0.29) is 5.92 Å². The molecule has 136 valence electrons. The first-order valence-electron chi connectivity index (χ1n) is 9.64. The van der Waals surface area contributed by atoms with Gasteiger partial charge >= 0.3 is 0 Å². The van der Waals surface area contributed by atoms with Crippen LogP contribution >= 0.6 is 0 Å². The van der Waals surface area contributed by atoms with E-state index in [0.29, 0.717) is 11.8 Å². The summed E-state index contributed by atoms with van der Waals surface area (Å²) < 4.78 is 7.49. The lowest BCUT2D eigenvalue weighted by Crippen LogP contribution is -2.34. The van der Waals surface area contributed by atoms with Crippen molar-refractivity contribution in [3.8, 4) is 0 Å². The lowest BCUT2D eigenvalue weighted by atomic mass is 9.93. The molecule has 0 spiro atoms. The Labute approximate surface area is 148 Å². The molecule has 0 bridgehead atoms. The molecule has 4 heterocycles. The lowest BCUT2D eigenvalue weighted by molar-refractivity contribution is 0.182. The molecule has 8 heteroatoms. The third-order valence-corrected chi connectivity index (χ3v) is 5.48. The van der Waals surface area contributed by atoms with Crippen LogP contribution in [0.2, 0.25) is 0 Å². The summed E-state index contributed by atoms with van der Waals surface area (Å²) >= 11 is 0. The molecule has 1 fully saturated rings. The van der Waals surface area contributed by atoms with Gasteiger partial charge in [0.1, 0.15) is 0 Å². The maximum absolute atomic E-state index is 5.61. The Hall–Kier alpha value is -1.83. The molecule has 0 N–H and O–H groups in total. The average Bonchev–Trinajstić information content (AvgIpc) is 3.23. The minimum Gasteiger partial charge on any atom is -0.339 e. The molecule has 2 aromatic heterocycles. The lowest BCUT2D eigenvalue weighted by Gasteiger charge is -2.31. The minimum atomic E-state index is 0.0325. The van der Waals surface area contributed by atoms with Crippen LogP contribution < -0.4 is 0 Å². The SMILES string of the molecule is CCCN1CCC(Cc2noc(C3CCCCn4nnnc43)n2)CC1. The van der Waals surface area contributed by atoms with Crippen LogP contribution in [-0.2, 0) is 13.0 Å². The molecule has 0 aliphatic carbocycles. The molecule has 25 heavy (non-hydrogen) atoms. The van der Waals surface area contributed by atoms with Crippen LogP contribution in [0.3, 0.4) is 0 Å². The topological polar surface area (TPSA) is 85.8 Å². The van der Waals surface area contributed by atoms with E-state index in [1.807, 2.05) is 4.68 Å². The van der Waals surface area contributed by atoms with E-state index < -0.39 is 0 Å². The van der Waals surface area contributed by atoms with Gasteiger partial charge in [-0.1, -0.05) is 18.5 Å². The van der Waals surface area contributed by atoms with Crippen molar-refractivity contribution in [1.29, 1.82) is 0 Å². The van der Waals surface area contributed by atoms with Crippen molar-refractivity contribution in [3.05, 3.63) is 17.5 Å². The number of aromatic nitrogens is 6. The van der Waals surface area contributed by atoms with E-state index in [1.165, 1.54) is 38.9 Å². The number of hydrogen-bond acceptors (Lipinski definition) is 7. The van der Waals surface area contributed by atoms with Crippen molar-refractivity contribution in [2.75, 3.05) is 19.6 Å². The molecule has 1 atom stereocenters. The van der Waals surface area contributed by atoms with Crippen molar-refractivity contribution < 1.29 is 4.52 Å². The van der Waals surface area contributed by atoms with Crippen molar-refractivity contribution in [1.82, 2.24) is 35.2 Å². The van der Waals surface area contributed by atoms with Crippen LogP contribution in [0.25, 0.3) is 0 Å². The zero-order valence-electron chi connectivity index (χ0n) is 15.0. The zero-order chi connectivity index (χ0) is 17.1. The number of hydrogen-bond donors (Lipinski definition) is 0. The smallest absolute Gasteiger partial charge is 0.237 e. The van der Waals surface area contributed by atoms with Gasteiger partial charge in [0.15, 0.2) is 11.6 Å². The second-order valence-electron chi connectivity index (χ2n) is 7.35. The minimum absolute atomic E-state index is 0.0325. The molecule has 0 radical (unpaired) electrons. The van der Waals surface area contributed by atoms with Gasteiger partial charge in [0.05, 0.1) is 5.92 Å². The number of aryl methyl sites for hydroxylation is 1. The Morgan fingerprint density at radius 3 is 2.84 bits per heavy atom. The number of piperidine rings is 1. The normalized spacial score (nSPS) is 22.7. The molecule has 2 aliphatic heterocycles. The summed E-state index contributed by atoms with van der Waals surface area (Å²) in [5, 5.41) is 16.3. The van der Waals surface area contributed by atoms with E-state index in [9.17, 15) is 0 Å². The molecule has 1 unspecified atom stereocenters. The quantitative estimate of drug-likeness (QED) is 0.819. The number of fused-ring (bicyclic) bond motifs is 1. The molecule has 2 aromatic rings.